The molecule has 0 aliphatic carbocycles. The minimum Gasteiger partial charge on any atom is -0.480 e. The molecule has 0 unspecified atom stereocenters. The van der Waals surface area contributed by atoms with Crippen LogP contribution >= 0.6 is 0 Å². The lowest BCUT2D eigenvalue weighted by Gasteiger charge is -2.01. The van der Waals surface area contributed by atoms with E-state index in [1.54, 1.807) is 12.1 Å². The summed E-state index contributed by atoms with van der Waals surface area (Å²) in [6.07, 6.45) is 2.71. The van der Waals surface area contributed by atoms with Crippen molar-refractivity contribution in [3.8, 4) is 0 Å². The number of carbonyl (C=O) groups is 1. The Morgan fingerprint density at radius 3 is 3.00 bits per heavy atom. The Morgan fingerprint density at radius 1 is 1.47 bits per heavy atom. The third-order valence-corrected chi connectivity index (χ3v) is 1.90. The summed E-state index contributed by atoms with van der Waals surface area (Å²) in [6.45, 7) is -0.392. The van der Waals surface area contributed by atoms with Gasteiger partial charge in [-0.3, -0.25) is 14.2 Å². The maximum absolute atomic E-state index is 11.7. The summed E-state index contributed by atoms with van der Waals surface area (Å²) >= 11 is 0. The molecule has 0 aliphatic heterocycles. The smallest absolute Gasteiger partial charge is 0.323 e. The Hall–Kier alpha value is -2.24. The van der Waals surface area contributed by atoms with Gasteiger partial charge in [-0.05, 0) is 12.1 Å². The molecule has 15 heavy (non-hydrogen) atoms. The van der Waals surface area contributed by atoms with Gasteiger partial charge >= 0.3 is 5.97 Å². The Bertz CT molecular complexity index is 576. The van der Waals surface area contributed by atoms with E-state index in [9.17, 15) is 9.59 Å². The van der Waals surface area contributed by atoms with Crippen LogP contribution in [0.4, 0.5) is 0 Å². The van der Waals surface area contributed by atoms with Crippen LogP contribution in [0.15, 0.2) is 29.5 Å². The van der Waals surface area contributed by atoms with Crippen LogP contribution in [0.3, 0.4) is 0 Å². The van der Waals surface area contributed by atoms with Gasteiger partial charge in [0.15, 0.2) is 5.65 Å². The summed E-state index contributed by atoms with van der Waals surface area (Å²) in [6, 6.07) is 3.17. The first-order valence-electron chi connectivity index (χ1n) is 4.20. The van der Waals surface area contributed by atoms with Crippen molar-refractivity contribution in [2.24, 2.45) is 0 Å². The standard InChI is InChI=1S/C9H7N3O3/c13-7(14)4-12-5-11-8-6(9(12)15)2-1-3-10-8/h1-3,5H,4H2,(H,13,14). The van der Waals surface area contributed by atoms with Crippen LogP contribution in [0.5, 0.6) is 0 Å². The van der Waals surface area contributed by atoms with Crippen molar-refractivity contribution in [1.29, 1.82) is 0 Å². The molecule has 0 aromatic carbocycles. The number of fused-ring (bicyclic) bond motifs is 1. The largest absolute Gasteiger partial charge is 0.480 e. The monoisotopic (exact) mass is 205 g/mol. The number of aliphatic carboxylic acids is 1. The average Bonchev–Trinajstić information content (AvgIpc) is 2.22. The van der Waals surface area contributed by atoms with Crippen LogP contribution in [-0.4, -0.2) is 25.6 Å². The molecular formula is C9H7N3O3. The lowest BCUT2D eigenvalue weighted by molar-refractivity contribution is -0.137. The molecule has 6 heteroatoms. The number of hydrogen-bond donors (Lipinski definition) is 1. The number of nitrogens with zero attached hydrogens (tertiary/aromatic N) is 3. The van der Waals surface area contributed by atoms with Crippen LogP contribution in [0.1, 0.15) is 0 Å². The van der Waals surface area contributed by atoms with Crippen molar-refractivity contribution in [1.82, 2.24) is 14.5 Å². The molecule has 6 nitrogen and oxygen atoms in total. The summed E-state index contributed by atoms with van der Waals surface area (Å²) in [7, 11) is 0. The molecular weight excluding hydrogens is 198 g/mol. The molecule has 0 saturated heterocycles. The van der Waals surface area contributed by atoms with Gasteiger partial charge < -0.3 is 5.11 Å². The fourth-order valence-corrected chi connectivity index (χ4v) is 1.26. The number of carboxylic acid groups (broad SMARTS) is 1. The normalized spacial score (nSPS) is 10.4. The van der Waals surface area contributed by atoms with Gasteiger partial charge in [0.2, 0.25) is 0 Å². The second kappa shape index (κ2) is 3.49. The highest BCUT2D eigenvalue weighted by atomic mass is 16.4. The highest BCUT2D eigenvalue weighted by Gasteiger charge is 2.06. The van der Waals surface area contributed by atoms with Gasteiger partial charge in [0.05, 0.1) is 5.39 Å². The minimum atomic E-state index is -1.08. The molecule has 1 N–H and O–H groups in total. The summed E-state index contributed by atoms with van der Waals surface area (Å²) in [5.41, 5.74) is -0.0698. The van der Waals surface area contributed by atoms with E-state index in [2.05, 4.69) is 9.97 Å². The van der Waals surface area contributed by atoms with E-state index in [-0.39, 0.29) is 0 Å². The SMILES string of the molecule is O=C(O)Cn1cnc2ncccc2c1=O. The molecule has 0 fully saturated rings. The van der Waals surface area contributed by atoms with E-state index in [1.807, 2.05) is 0 Å². The Kier molecular flexibility index (Phi) is 2.17. The van der Waals surface area contributed by atoms with Gasteiger partial charge in [0.25, 0.3) is 5.56 Å². The molecule has 0 saturated carbocycles. The Balaban J connectivity index is 2.65. The Labute approximate surface area is 83.8 Å². The molecule has 0 amide bonds. The van der Waals surface area contributed by atoms with Gasteiger partial charge in [-0.25, -0.2) is 9.97 Å². The fraction of sp³-hybridized carbons (Fsp3) is 0.111. The molecule has 76 valence electrons. The Morgan fingerprint density at radius 2 is 2.27 bits per heavy atom. The van der Waals surface area contributed by atoms with Gasteiger partial charge in [0.1, 0.15) is 12.9 Å². The van der Waals surface area contributed by atoms with E-state index in [0.29, 0.717) is 11.0 Å². The number of aromatic nitrogens is 3. The zero-order chi connectivity index (χ0) is 10.8. The predicted octanol–water partition coefficient (Wildman–Crippen LogP) is -0.124. The molecule has 2 heterocycles. The van der Waals surface area contributed by atoms with Gasteiger partial charge in [0, 0.05) is 6.20 Å². The minimum absolute atomic E-state index is 0.321. The molecule has 0 bridgehead atoms. The topological polar surface area (TPSA) is 85.1 Å². The molecule has 0 radical (unpaired) electrons. The van der Waals surface area contributed by atoms with E-state index in [4.69, 9.17) is 5.11 Å². The average molecular weight is 205 g/mol. The van der Waals surface area contributed by atoms with Gasteiger partial charge in [-0.15, -0.1) is 0 Å². The van der Waals surface area contributed by atoms with Crippen molar-refractivity contribution >= 4 is 17.0 Å². The van der Waals surface area contributed by atoms with E-state index in [0.717, 1.165) is 4.57 Å². The summed E-state index contributed by atoms with van der Waals surface area (Å²) in [5.74, 6) is -1.08. The second-order valence-corrected chi connectivity index (χ2v) is 2.95. The van der Waals surface area contributed by atoms with Crippen LogP contribution in [0.25, 0.3) is 11.0 Å². The fourth-order valence-electron chi connectivity index (χ4n) is 1.26. The first-order chi connectivity index (χ1) is 7.18. The van der Waals surface area contributed by atoms with Gasteiger partial charge in [-0.1, -0.05) is 0 Å². The van der Waals surface area contributed by atoms with Crippen LogP contribution in [0, 0.1) is 0 Å². The van der Waals surface area contributed by atoms with Crippen LogP contribution < -0.4 is 5.56 Å². The zero-order valence-electron chi connectivity index (χ0n) is 7.62. The first kappa shape index (κ1) is 9.32. The predicted molar refractivity (Wildman–Crippen MR) is 51.4 cm³/mol. The summed E-state index contributed by atoms with van der Waals surface area (Å²) in [4.78, 5) is 29.9. The maximum atomic E-state index is 11.7. The maximum Gasteiger partial charge on any atom is 0.323 e. The third-order valence-electron chi connectivity index (χ3n) is 1.90. The number of rotatable bonds is 2. The van der Waals surface area contributed by atoms with Crippen molar-refractivity contribution in [3.05, 3.63) is 35.0 Å². The second-order valence-electron chi connectivity index (χ2n) is 2.95. The molecule has 2 rings (SSSR count). The first-order valence-corrected chi connectivity index (χ1v) is 4.20. The van der Waals surface area contributed by atoms with Gasteiger partial charge in [-0.2, -0.15) is 0 Å². The number of pyridine rings is 1. The molecule has 2 aromatic heterocycles. The van der Waals surface area contributed by atoms with Crippen molar-refractivity contribution in [3.63, 3.8) is 0 Å². The number of hydrogen-bond acceptors (Lipinski definition) is 4. The van der Waals surface area contributed by atoms with E-state index < -0.39 is 18.1 Å². The van der Waals surface area contributed by atoms with E-state index >= 15 is 0 Å². The molecule has 0 spiro atoms. The highest BCUT2D eigenvalue weighted by Crippen LogP contribution is 2.00. The summed E-state index contributed by atoms with van der Waals surface area (Å²) < 4.78 is 1.03. The van der Waals surface area contributed by atoms with Crippen LogP contribution in [-0.2, 0) is 11.3 Å². The summed E-state index contributed by atoms with van der Waals surface area (Å²) in [5, 5.41) is 8.88. The molecule has 0 aliphatic rings. The lowest BCUT2D eigenvalue weighted by Crippen LogP contribution is -2.24. The molecule has 0 atom stereocenters. The number of carboxylic acids is 1. The van der Waals surface area contributed by atoms with Crippen molar-refractivity contribution in [2.75, 3.05) is 0 Å². The molecule has 2 aromatic rings. The van der Waals surface area contributed by atoms with Crippen molar-refractivity contribution < 1.29 is 9.90 Å². The lowest BCUT2D eigenvalue weighted by atomic mass is 10.3. The third kappa shape index (κ3) is 1.69. The highest BCUT2D eigenvalue weighted by molar-refractivity contribution is 5.73. The van der Waals surface area contributed by atoms with E-state index in [1.165, 1.54) is 12.5 Å². The van der Waals surface area contributed by atoms with Crippen LogP contribution in [0.2, 0.25) is 0 Å². The van der Waals surface area contributed by atoms with Crippen molar-refractivity contribution in [2.45, 2.75) is 6.54 Å². The zero-order valence-corrected chi connectivity index (χ0v) is 7.62. The quantitative estimate of drug-likeness (QED) is 0.738.